The fourth-order valence-electron chi connectivity index (χ4n) is 3.55. The number of nitrogens with zero attached hydrogens (tertiary/aromatic N) is 2. The third kappa shape index (κ3) is 6.39. The summed E-state index contributed by atoms with van der Waals surface area (Å²) in [5.41, 5.74) is 9.59. The zero-order chi connectivity index (χ0) is 20.5. The summed E-state index contributed by atoms with van der Waals surface area (Å²) in [6.45, 7) is 3.63. The van der Waals surface area contributed by atoms with Crippen molar-refractivity contribution in [3.05, 3.63) is 59.7 Å². The van der Waals surface area contributed by atoms with Gasteiger partial charge in [0.05, 0.1) is 13.7 Å². The summed E-state index contributed by atoms with van der Waals surface area (Å²) in [4.78, 5) is 6.82. The van der Waals surface area contributed by atoms with Crippen molar-refractivity contribution in [1.29, 1.82) is 0 Å². The van der Waals surface area contributed by atoms with E-state index in [1.807, 2.05) is 12.1 Å². The molecule has 156 valence electrons. The molecule has 2 aromatic carbocycles. The largest absolute Gasteiger partial charge is 0.497 e. The van der Waals surface area contributed by atoms with Crippen molar-refractivity contribution in [2.45, 2.75) is 25.8 Å². The van der Waals surface area contributed by atoms with Crippen molar-refractivity contribution in [2.24, 2.45) is 16.6 Å². The Bertz CT molecular complexity index is 766. The summed E-state index contributed by atoms with van der Waals surface area (Å²) in [6, 6.07) is 16.6. The smallest absolute Gasteiger partial charge is 0.188 e. The summed E-state index contributed by atoms with van der Waals surface area (Å²) < 4.78 is 5.17. The number of benzene rings is 2. The van der Waals surface area contributed by atoms with Gasteiger partial charge in [-0.05, 0) is 60.6 Å². The second kappa shape index (κ2) is 10.7. The molecule has 1 heterocycles. The van der Waals surface area contributed by atoms with Crippen LogP contribution < -0.4 is 20.7 Å². The Balaban J connectivity index is 1.41. The zero-order valence-corrected chi connectivity index (χ0v) is 17.2. The summed E-state index contributed by atoms with van der Waals surface area (Å²) in [5, 5.41) is 12.4. The predicted molar refractivity (Wildman–Crippen MR) is 118 cm³/mol. The second-order valence-electron chi connectivity index (χ2n) is 7.51. The number of aliphatic hydroxyl groups is 1. The number of methoxy groups -OCH3 is 1. The molecule has 6 heteroatoms. The van der Waals surface area contributed by atoms with Gasteiger partial charge < -0.3 is 25.8 Å². The van der Waals surface area contributed by atoms with Gasteiger partial charge in [-0.3, -0.25) is 0 Å². The number of aliphatic hydroxyl groups excluding tert-OH is 1. The van der Waals surface area contributed by atoms with E-state index in [0.717, 1.165) is 50.2 Å². The summed E-state index contributed by atoms with van der Waals surface area (Å²) in [5.74, 6) is 1.79. The molecular formula is C23H32N4O2. The highest BCUT2D eigenvalue weighted by atomic mass is 16.5. The molecule has 4 N–H and O–H groups in total. The lowest BCUT2D eigenvalue weighted by Gasteiger charge is -2.32. The molecule has 0 aromatic heterocycles. The molecule has 0 radical (unpaired) electrons. The minimum atomic E-state index is 0.306. The van der Waals surface area contributed by atoms with Gasteiger partial charge in [0.25, 0.3) is 0 Å². The number of nitrogens with one attached hydrogen (secondary N) is 1. The van der Waals surface area contributed by atoms with Crippen molar-refractivity contribution < 1.29 is 9.84 Å². The molecule has 0 amide bonds. The first-order valence-corrected chi connectivity index (χ1v) is 10.3. The van der Waals surface area contributed by atoms with Crippen LogP contribution in [0.1, 0.15) is 24.0 Å². The molecule has 0 bridgehead atoms. The van der Waals surface area contributed by atoms with E-state index in [4.69, 9.17) is 10.5 Å². The van der Waals surface area contributed by atoms with Crippen LogP contribution in [0.2, 0.25) is 0 Å². The highest BCUT2D eigenvalue weighted by molar-refractivity contribution is 5.77. The Morgan fingerprint density at radius 1 is 1.10 bits per heavy atom. The molecule has 29 heavy (non-hydrogen) atoms. The van der Waals surface area contributed by atoms with Gasteiger partial charge in [-0.15, -0.1) is 0 Å². The third-order valence-electron chi connectivity index (χ3n) is 5.49. The molecule has 0 atom stereocenters. The van der Waals surface area contributed by atoms with E-state index in [1.54, 1.807) is 7.11 Å². The molecule has 2 aromatic rings. The standard InChI is InChI=1S/C23H32N4O2/c1-29-22-8-4-18(5-9-22)10-13-25-23(24)26-16-19-2-6-21(7-3-19)27-14-11-20(17-28)12-15-27/h2-9,20,28H,10-17H2,1H3,(H3,24,25,26). The highest BCUT2D eigenvalue weighted by Gasteiger charge is 2.18. The Morgan fingerprint density at radius 2 is 1.76 bits per heavy atom. The molecule has 0 saturated carbocycles. The first-order valence-electron chi connectivity index (χ1n) is 10.3. The number of piperidine rings is 1. The summed E-state index contributed by atoms with van der Waals surface area (Å²) >= 11 is 0. The number of hydrogen-bond donors (Lipinski definition) is 3. The lowest BCUT2D eigenvalue weighted by molar-refractivity contribution is 0.203. The molecular weight excluding hydrogens is 364 g/mol. The number of aliphatic imine (C=N–C) groups is 1. The summed E-state index contributed by atoms with van der Waals surface area (Å²) in [7, 11) is 1.67. The monoisotopic (exact) mass is 396 g/mol. The number of ether oxygens (including phenoxy) is 1. The van der Waals surface area contributed by atoms with Crippen molar-refractivity contribution in [3.63, 3.8) is 0 Å². The van der Waals surface area contributed by atoms with Gasteiger partial charge in [0.1, 0.15) is 5.75 Å². The van der Waals surface area contributed by atoms with Crippen LogP contribution in [0, 0.1) is 5.92 Å². The van der Waals surface area contributed by atoms with Gasteiger partial charge in [0.15, 0.2) is 5.96 Å². The van der Waals surface area contributed by atoms with E-state index in [2.05, 4.69) is 51.6 Å². The van der Waals surface area contributed by atoms with Crippen molar-refractivity contribution in [2.75, 3.05) is 38.3 Å². The van der Waals surface area contributed by atoms with Gasteiger partial charge in [-0.2, -0.15) is 0 Å². The average molecular weight is 397 g/mol. The van der Waals surface area contributed by atoms with Gasteiger partial charge in [0, 0.05) is 31.9 Å². The Hall–Kier alpha value is -2.73. The van der Waals surface area contributed by atoms with Crippen LogP contribution in [0.5, 0.6) is 5.75 Å². The van der Waals surface area contributed by atoms with Crippen LogP contribution in [-0.4, -0.2) is 44.4 Å². The minimum Gasteiger partial charge on any atom is -0.497 e. The van der Waals surface area contributed by atoms with Crippen LogP contribution in [0.3, 0.4) is 0 Å². The van der Waals surface area contributed by atoms with E-state index in [9.17, 15) is 5.11 Å². The van der Waals surface area contributed by atoms with E-state index < -0.39 is 0 Å². The lowest BCUT2D eigenvalue weighted by atomic mass is 9.97. The molecule has 0 aliphatic carbocycles. The Kier molecular flexibility index (Phi) is 7.76. The fraction of sp³-hybridized carbons (Fsp3) is 0.435. The van der Waals surface area contributed by atoms with Crippen LogP contribution >= 0.6 is 0 Å². The molecule has 1 aliphatic heterocycles. The minimum absolute atomic E-state index is 0.306. The van der Waals surface area contributed by atoms with Gasteiger partial charge >= 0.3 is 0 Å². The first-order chi connectivity index (χ1) is 14.2. The quantitative estimate of drug-likeness (QED) is 0.472. The lowest BCUT2D eigenvalue weighted by Crippen LogP contribution is -2.34. The van der Waals surface area contributed by atoms with E-state index >= 15 is 0 Å². The van der Waals surface area contributed by atoms with Crippen LogP contribution in [0.15, 0.2) is 53.5 Å². The maximum atomic E-state index is 9.27. The van der Waals surface area contributed by atoms with Gasteiger partial charge in [-0.1, -0.05) is 24.3 Å². The SMILES string of the molecule is COc1ccc(CCNC(N)=NCc2ccc(N3CCC(CO)CC3)cc2)cc1. The molecule has 1 aliphatic rings. The average Bonchev–Trinajstić information content (AvgIpc) is 2.78. The predicted octanol–water partition coefficient (Wildman–Crippen LogP) is 2.55. The van der Waals surface area contributed by atoms with Crippen LogP contribution in [0.4, 0.5) is 5.69 Å². The van der Waals surface area contributed by atoms with Crippen molar-refractivity contribution >= 4 is 11.6 Å². The number of guanidine groups is 1. The molecule has 1 fully saturated rings. The van der Waals surface area contributed by atoms with E-state index in [0.29, 0.717) is 25.0 Å². The first kappa shape index (κ1) is 21.0. The van der Waals surface area contributed by atoms with Crippen molar-refractivity contribution in [1.82, 2.24) is 5.32 Å². The van der Waals surface area contributed by atoms with Gasteiger partial charge in [-0.25, -0.2) is 4.99 Å². The number of hydrogen-bond acceptors (Lipinski definition) is 4. The molecule has 0 spiro atoms. The molecule has 1 saturated heterocycles. The van der Waals surface area contributed by atoms with Crippen LogP contribution in [0.25, 0.3) is 0 Å². The fourth-order valence-corrected chi connectivity index (χ4v) is 3.55. The Morgan fingerprint density at radius 3 is 2.38 bits per heavy atom. The molecule has 0 unspecified atom stereocenters. The summed E-state index contributed by atoms with van der Waals surface area (Å²) in [6.07, 6.45) is 2.99. The topological polar surface area (TPSA) is 83.1 Å². The maximum absolute atomic E-state index is 9.27. The van der Waals surface area contributed by atoms with E-state index in [-0.39, 0.29) is 0 Å². The van der Waals surface area contributed by atoms with E-state index in [1.165, 1.54) is 11.3 Å². The Labute approximate surface area is 173 Å². The molecule has 3 rings (SSSR count). The van der Waals surface area contributed by atoms with Crippen molar-refractivity contribution in [3.8, 4) is 5.75 Å². The zero-order valence-electron chi connectivity index (χ0n) is 17.2. The number of anilines is 1. The third-order valence-corrected chi connectivity index (χ3v) is 5.49. The number of nitrogens with two attached hydrogens (primary N) is 1. The second-order valence-corrected chi connectivity index (χ2v) is 7.51. The molecule has 6 nitrogen and oxygen atoms in total. The van der Waals surface area contributed by atoms with Gasteiger partial charge in [0.2, 0.25) is 0 Å². The maximum Gasteiger partial charge on any atom is 0.188 e. The highest BCUT2D eigenvalue weighted by Crippen LogP contribution is 2.23. The normalized spacial score (nSPS) is 15.4. The number of rotatable bonds is 8. The van der Waals surface area contributed by atoms with Crippen LogP contribution in [-0.2, 0) is 13.0 Å².